The van der Waals surface area contributed by atoms with Gasteiger partial charge in [-0.15, -0.1) is 0 Å². The second kappa shape index (κ2) is 5.76. The molecule has 0 bridgehead atoms. The Hall–Kier alpha value is -1.21. The molecule has 0 saturated carbocycles. The molecule has 2 nitrogen and oxygen atoms in total. The maximum absolute atomic E-state index is 13.0. The van der Waals surface area contributed by atoms with Gasteiger partial charge >= 0.3 is 0 Å². The normalized spacial score (nSPS) is 11.9. The van der Waals surface area contributed by atoms with E-state index < -0.39 is 0 Å². The second-order valence-corrected chi connectivity index (χ2v) is 4.60. The minimum absolute atomic E-state index is 0.313. The number of rotatable bonds is 4. The number of benzene rings is 1. The average molecular weight is 238 g/mol. The zero-order valence-electron chi connectivity index (χ0n) is 9.70. The predicted molar refractivity (Wildman–Crippen MR) is 67.4 cm³/mol. The molecular formula is C12H15FN2S. The van der Waals surface area contributed by atoms with Gasteiger partial charge < -0.3 is 4.90 Å². The number of nitrogens with zero attached hydrogens (tertiary/aromatic N) is 2. The molecule has 0 aliphatic heterocycles. The molecule has 0 N–H and O–H groups in total. The molecule has 0 radical (unpaired) electrons. The van der Waals surface area contributed by atoms with E-state index in [9.17, 15) is 4.39 Å². The number of hydrogen-bond acceptors (Lipinski definition) is 3. The van der Waals surface area contributed by atoms with E-state index in [0.29, 0.717) is 11.6 Å². The Balaban J connectivity index is 2.99. The summed E-state index contributed by atoms with van der Waals surface area (Å²) < 4.78 is 13.0. The number of nitriles is 1. The standard InChI is InChI=1S/C12H15FN2S/c1-9(8-16-3)15(2)12-5-4-11(13)6-10(12)7-14/h4-6,9H,8H2,1-3H3. The number of hydrogen-bond donors (Lipinski definition) is 0. The molecule has 1 aromatic carbocycles. The van der Waals surface area contributed by atoms with Gasteiger partial charge in [-0.05, 0) is 31.4 Å². The largest absolute Gasteiger partial charge is 0.370 e. The summed E-state index contributed by atoms with van der Waals surface area (Å²) in [5.41, 5.74) is 1.17. The van der Waals surface area contributed by atoms with Crippen LogP contribution in [0.3, 0.4) is 0 Å². The zero-order chi connectivity index (χ0) is 12.1. The molecule has 4 heteroatoms. The van der Waals surface area contributed by atoms with E-state index in [2.05, 4.69) is 6.92 Å². The van der Waals surface area contributed by atoms with E-state index in [0.717, 1.165) is 11.4 Å². The van der Waals surface area contributed by atoms with Crippen molar-refractivity contribution in [1.82, 2.24) is 0 Å². The minimum atomic E-state index is -0.369. The van der Waals surface area contributed by atoms with Gasteiger partial charge in [0, 0.05) is 18.8 Å². The Morgan fingerprint density at radius 1 is 1.56 bits per heavy atom. The summed E-state index contributed by atoms with van der Waals surface area (Å²) in [4.78, 5) is 2.01. The van der Waals surface area contributed by atoms with Crippen molar-refractivity contribution in [2.75, 3.05) is 24.0 Å². The molecule has 0 aliphatic rings. The van der Waals surface area contributed by atoms with Crippen molar-refractivity contribution >= 4 is 17.4 Å². The van der Waals surface area contributed by atoms with Crippen LogP contribution in [0.2, 0.25) is 0 Å². The first-order valence-corrected chi connectivity index (χ1v) is 6.41. The van der Waals surface area contributed by atoms with Crippen LogP contribution in [0, 0.1) is 17.1 Å². The second-order valence-electron chi connectivity index (χ2n) is 3.69. The first-order chi connectivity index (χ1) is 7.60. The van der Waals surface area contributed by atoms with Gasteiger partial charge in [0.1, 0.15) is 11.9 Å². The highest BCUT2D eigenvalue weighted by atomic mass is 32.2. The average Bonchev–Trinajstić information content (AvgIpc) is 2.28. The van der Waals surface area contributed by atoms with Gasteiger partial charge in [-0.2, -0.15) is 17.0 Å². The van der Waals surface area contributed by atoms with Crippen molar-refractivity contribution in [2.45, 2.75) is 13.0 Å². The lowest BCUT2D eigenvalue weighted by molar-refractivity contribution is 0.626. The molecule has 1 atom stereocenters. The van der Waals surface area contributed by atoms with Crippen molar-refractivity contribution in [3.05, 3.63) is 29.6 Å². The van der Waals surface area contributed by atoms with Crippen LogP contribution in [0.1, 0.15) is 12.5 Å². The molecule has 0 heterocycles. The van der Waals surface area contributed by atoms with Crippen molar-refractivity contribution in [3.63, 3.8) is 0 Å². The summed E-state index contributed by atoms with van der Waals surface area (Å²) in [6.45, 7) is 2.08. The van der Waals surface area contributed by atoms with Crippen molar-refractivity contribution in [2.24, 2.45) is 0 Å². The van der Waals surface area contributed by atoms with E-state index in [4.69, 9.17) is 5.26 Å². The third-order valence-corrected chi connectivity index (χ3v) is 3.34. The van der Waals surface area contributed by atoms with Gasteiger partial charge in [0.15, 0.2) is 0 Å². The zero-order valence-corrected chi connectivity index (χ0v) is 10.5. The summed E-state index contributed by atoms with van der Waals surface area (Å²) >= 11 is 1.75. The molecule has 16 heavy (non-hydrogen) atoms. The molecule has 0 fully saturated rings. The molecule has 86 valence electrons. The highest BCUT2D eigenvalue weighted by Gasteiger charge is 2.13. The Morgan fingerprint density at radius 3 is 2.81 bits per heavy atom. The monoisotopic (exact) mass is 238 g/mol. The van der Waals surface area contributed by atoms with Gasteiger partial charge in [-0.1, -0.05) is 0 Å². The summed E-state index contributed by atoms with van der Waals surface area (Å²) in [7, 11) is 1.93. The van der Waals surface area contributed by atoms with Crippen LogP contribution < -0.4 is 4.90 Å². The van der Waals surface area contributed by atoms with E-state index in [1.54, 1.807) is 17.8 Å². The van der Waals surface area contributed by atoms with Gasteiger partial charge in [0.05, 0.1) is 11.3 Å². The van der Waals surface area contributed by atoms with E-state index >= 15 is 0 Å². The molecule has 1 aromatic rings. The molecule has 1 rings (SSSR count). The highest BCUT2D eigenvalue weighted by molar-refractivity contribution is 7.98. The minimum Gasteiger partial charge on any atom is -0.370 e. The van der Waals surface area contributed by atoms with E-state index in [-0.39, 0.29) is 5.82 Å². The van der Waals surface area contributed by atoms with Crippen molar-refractivity contribution in [1.29, 1.82) is 5.26 Å². The van der Waals surface area contributed by atoms with Crippen LogP contribution in [0.5, 0.6) is 0 Å². The summed E-state index contributed by atoms with van der Waals surface area (Å²) in [5.74, 6) is 0.602. The van der Waals surface area contributed by atoms with Gasteiger partial charge in [-0.25, -0.2) is 4.39 Å². The number of anilines is 1. The summed E-state index contributed by atoms with van der Waals surface area (Å²) in [6, 6.07) is 6.66. The third kappa shape index (κ3) is 2.89. The smallest absolute Gasteiger partial charge is 0.124 e. The number of thioether (sulfide) groups is 1. The number of halogens is 1. The molecule has 1 unspecified atom stereocenters. The molecule has 0 spiro atoms. The third-order valence-electron chi connectivity index (χ3n) is 2.53. The van der Waals surface area contributed by atoms with Gasteiger partial charge in [0.2, 0.25) is 0 Å². The Morgan fingerprint density at radius 2 is 2.25 bits per heavy atom. The molecule has 0 saturated heterocycles. The predicted octanol–water partition coefficient (Wildman–Crippen LogP) is 2.89. The lowest BCUT2D eigenvalue weighted by atomic mass is 10.1. The van der Waals surface area contributed by atoms with E-state index in [1.807, 2.05) is 24.3 Å². The summed E-state index contributed by atoms with van der Waals surface area (Å²) in [6.07, 6.45) is 2.04. The fourth-order valence-electron chi connectivity index (χ4n) is 1.50. The van der Waals surface area contributed by atoms with Crippen LogP contribution in [0.15, 0.2) is 18.2 Å². The van der Waals surface area contributed by atoms with Crippen LogP contribution in [-0.2, 0) is 0 Å². The molecular weight excluding hydrogens is 223 g/mol. The maximum atomic E-state index is 13.0. The Bertz CT molecular complexity index is 400. The fourth-order valence-corrected chi connectivity index (χ4v) is 2.20. The lowest BCUT2D eigenvalue weighted by Gasteiger charge is -2.27. The lowest BCUT2D eigenvalue weighted by Crippen LogP contribution is -2.31. The van der Waals surface area contributed by atoms with Crippen molar-refractivity contribution in [3.8, 4) is 6.07 Å². The first kappa shape index (κ1) is 12.9. The summed E-state index contributed by atoms with van der Waals surface area (Å²) in [5, 5.41) is 8.95. The molecule has 0 aliphatic carbocycles. The maximum Gasteiger partial charge on any atom is 0.124 e. The van der Waals surface area contributed by atoms with Crippen LogP contribution in [0.25, 0.3) is 0 Å². The highest BCUT2D eigenvalue weighted by Crippen LogP contribution is 2.22. The first-order valence-electron chi connectivity index (χ1n) is 5.01. The SMILES string of the molecule is CSCC(C)N(C)c1ccc(F)cc1C#N. The fraction of sp³-hybridized carbons (Fsp3) is 0.417. The molecule has 0 aromatic heterocycles. The van der Waals surface area contributed by atoms with E-state index in [1.165, 1.54) is 12.1 Å². The van der Waals surface area contributed by atoms with Crippen molar-refractivity contribution < 1.29 is 4.39 Å². The van der Waals surface area contributed by atoms with Gasteiger partial charge in [0.25, 0.3) is 0 Å². The van der Waals surface area contributed by atoms with Gasteiger partial charge in [-0.3, -0.25) is 0 Å². The van der Waals surface area contributed by atoms with Crippen LogP contribution in [-0.4, -0.2) is 25.1 Å². The topological polar surface area (TPSA) is 27.0 Å². The van der Waals surface area contributed by atoms with Crippen LogP contribution in [0.4, 0.5) is 10.1 Å². The molecule has 0 amide bonds. The Kier molecular flexibility index (Phi) is 4.63. The quantitative estimate of drug-likeness (QED) is 0.807. The Labute approximate surface area is 100 Å². The van der Waals surface area contributed by atoms with Crippen LogP contribution >= 0.6 is 11.8 Å².